The van der Waals surface area contributed by atoms with E-state index in [9.17, 15) is 14.7 Å². The first-order valence-corrected chi connectivity index (χ1v) is 13.2. The molecule has 1 aliphatic rings. The summed E-state index contributed by atoms with van der Waals surface area (Å²) in [5.74, 6) is -1.65. The molecule has 1 aliphatic carbocycles. The Morgan fingerprint density at radius 2 is 1.07 bits per heavy atom. The van der Waals surface area contributed by atoms with Gasteiger partial charge in [-0.2, -0.15) is 0 Å². The number of carboxylic acid groups (broad SMARTS) is 1. The van der Waals surface area contributed by atoms with Crippen LogP contribution in [0.15, 0.2) is 0 Å². The Morgan fingerprint density at radius 1 is 0.667 bits per heavy atom. The summed E-state index contributed by atoms with van der Waals surface area (Å²) in [4.78, 5) is 23.6. The number of hydrogen-bond acceptors (Lipinski definition) is 2. The van der Waals surface area contributed by atoms with E-state index in [1.54, 1.807) is 0 Å². The normalized spacial score (nSPS) is 19.0. The van der Waals surface area contributed by atoms with Crippen LogP contribution in [0.5, 0.6) is 0 Å². The minimum atomic E-state index is -0.808. The maximum absolute atomic E-state index is 12.3. The van der Waals surface area contributed by atoms with Gasteiger partial charge >= 0.3 is 5.97 Å². The first-order chi connectivity index (χ1) is 14.7. The highest BCUT2D eigenvalue weighted by atomic mass is 16.4. The van der Waals surface area contributed by atoms with E-state index >= 15 is 0 Å². The monoisotopic (exact) mass is 423 g/mol. The van der Waals surface area contributed by atoms with Crippen molar-refractivity contribution in [3.05, 3.63) is 0 Å². The van der Waals surface area contributed by atoms with Crippen molar-refractivity contribution in [1.82, 2.24) is 5.32 Å². The van der Waals surface area contributed by atoms with E-state index in [0.717, 1.165) is 32.1 Å². The lowest BCUT2D eigenvalue weighted by Gasteiger charge is -2.27. The van der Waals surface area contributed by atoms with Crippen molar-refractivity contribution in [1.29, 1.82) is 0 Å². The second kappa shape index (κ2) is 18.7. The number of aliphatic carboxylic acids is 1. The lowest BCUT2D eigenvalue weighted by molar-refractivity contribution is -0.148. The third-order valence-electron chi connectivity index (χ3n) is 6.75. The van der Waals surface area contributed by atoms with Crippen LogP contribution in [0, 0.1) is 11.8 Å². The summed E-state index contributed by atoms with van der Waals surface area (Å²) in [5.41, 5.74) is 0. The molecule has 1 amide bonds. The molecule has 0 spiro atoms. The SMILES string of the molecule is CCCCCCCCCCCCCCCCCCNC(=O)[C@@H]1CCCC[C@H]1C(=O)O. The second-order valence-corrected chi connectivity index (χ2v) is 9.43. The smallest absolute Gasteiger partial charge is 0.307 e. The molecule has 4 heteroatoms. The van der Waals surface area contributed by atoms with Gasteiger partial charge in [-0.25, -0.2) is 0 Å². The number of carbonyl (C=O) groups excluding carboxylic acids is 1. The van der Waals surface area contributed by atoms with Gasteiger partial charge in [-0.3, -0.25) is 9.59 Å². The fourth-order valence-electron chi connectivity index (χ4n) is 4.76. The van der Waals surface area contributed by atoms with Gasteiger partial charge in [0.1, 0.15) is 0 Å². The van der Waals surface area contributed by atoms with Crippen LogP contribution in [-0.4, -0.2) is 23.5 Å². The predicted octanol–water partition coefficient (Wildman–Crippen LogP) is 7.26. The highest BCUT2D eigenvalue weighted by molar-refractivity contribution is 5.84. The Morgan fingerprint density at radius 3 is 1.50 bits per heavy atom. The molecular formula is C26H49NO3. The molecule has 0 aliphatic heterocycles. The van der Waals surface area contributed by atoms with E-state index in [1.165, 1.54) is 89.9 Å². The van der Waals surface area contributed by atoms with Gasteiger partial charge in [0.25, 0.3) is 0 Å². The van der Waals surface area contributed by atoms with Crippen molar-refractivity contribution < 1.29 is 14.7 Å². The predicted molar refractivity (Wildman–Crippen MR) is 126 cm³/mol. The minimum absolute atomic E-state index is 0.0388. The zero-order valence-corrected chi connectivity index (χ0v) is 19.8. The number of unbranched alkanes of at least 4 members (excludes halogenated alkanes) is 15. The molecule has 0 radical (unpaired) electrons. The quantitative estimate of drug-likeness (QED) is 0.215. The van der Waals surface area contributed by atoms with Gasteiger partial charge in [0, 0.05) is 6.54 Å². The molecule has 0 heterocycles. The molecule has 1 rings (SSSR count). The molecule has 1 fully saturated rings. The topological polar surface area (TPSA) is 66.4 Å². The van der Waals surface area contributed by atoms with Crippen LogP contribution >= 0.6 is 0 Å². The molecule has 0 aromatic carbocycles. The number of rotatable bonds is 19. The minimum Gasteiger partial charge on any atom is -0.481 e. The van der Waals surface area contributed by atoms with Crippen molar-refractivity contribution in [2.45, 2.75) is 135 Å². The van der Waals surface area contributed by atoms with Crippen LogP contribution in [0.1, 0.15) is 135 Å². The van der Waals surface area contributed by atoms with Crippen LogP contribution in [0.4, 0.5) is 0 Å². The van der Waals surface area contributed by atoms with E-state index in [0.29, 0.717) is 13.0 Å². The van der Waals surface area contributed by atoms with Crippen LogP contribution in [-0.2, 0) is 9.59 Å². The maximum Gasteiger partial charge on any atom is 0.307 e. The zero-order valence-electron chi connectivity index (χ0n) is 19.8. The second-order valence-electron chi connectivity index (χ2n) is 9.43. The van der Waals surface area contributed by atoms with Crippen molar-refractivity contribution in [3.63, 3.8) is 0 Å². The van der Waals surface area contributed by atoms with Crippen LogP contribution < -0.4 is 5.32 Å². The molecule has 30 heavy (non-hydrogen) atoms. The Bertz CT molecular complexity index is 438. The fraction of sp³-hybridized carbons (Fsp3) is 0.923. The molecule has 2 atom stereocenters. The third-order valence-corrected chi connectivity index (χ3v) is 6.75. The lowest BCUT2D eigenvalue weighted by atomic mass is 9.78. The third kappa shape index (κ3) is 13.3. The Hall–Kier alpha value is -1.06. The number of carboxylic acids is 1. The summed E-state index contributed by atoms with van der Waals surface area (Å²) in [6.45, 7) is 2.97. The van der Waals surface area contributed by atoms with Gasteiger partial charge in [-0.05, 0) is 19.3 Å². The molecule has 0 aromatic rings. The number of nitrogens with one attached hydrogen (secondary N) is 1. The highest BCUT2D eigenvalue weighted by Gasteiger charge is 2.35. The summed E-state index contributed by atoms with van der Waals surface area (Å²) in [6.07, 6.45) is 24.8. The molecule has 0 unspecified atom stereocenters. The van der Waals surface area contributed by atoms with E-state index in [-0.39, 0.29) is 11.8 Å². The van der Waals surface area contributed by atoms with Crippen molar-refractivity contribution in [2.75, 3.05) is 6.54 Å². The molecule has 176 valence electrons. The van der Waals surface area contributed by atoms with Gasteiger partial charge in [0.05, 0.1) is 11.8 Å². The molecule has 1 saturated carbocycles. The summed E-state index contributed by atoms with van der Waals surface area (Å²) >= 11 is 0. The molecule has 4 nitrogen and oxygen atoms in total. The Labute approximate surface area is 186 Å². The summed E-state index contributed by atoms with van der Waals surface area (Å²) in [5, 5.41) is 12.3. The number of hydrogen-bond donors (Lipinski definition) is 2. The average Bonchev–Trinajstić information content (AvgIpc) is 2.75. The van der Waals surface area contributed by atoms with Crippen LogP contribution in [0.2, 0.25) is 0 Å². The lowest BCUT2D eigenvalue weighted by Crippen LogP contribution is -2.40. The van der Waals surface area contributed by atoms with Crippen LogP contribution in [0.25, 0.3) is 0 Å². The van der Waals surface area contributed by atoms with Gasteiger partial charge in [-0.15, -0.1) is 0 Å². The summed E-state index contributed by atoms with van der Waals surface area (Å²) in [7, 11) is 0. The molecule has 0 bridgehead atoms. The first-order valence-electron chi connectivity index (χ1n) is 13.2. The molecule has 0 aromatic heterocycles. The van der Waals surface area contributed by atoms with Crippen molar-refractivity contribution in [2.24, 2.45) is 11.8 Å². The van der Waals surface area contributed by atoms with Gasteiger partial charge in [0.2, 0.25) is 5.91 Å². The zero-order chi connectivity index (χ0) is 21.9. The number of amides is 1. The molecular weight excluding hydrogens is 374 g/mol. The highest BCUT2D eigenvalue weighted by Crippen LogP contribution is 2.30. The molecule has 0 saturated heterocycles. The van der Waals surface area contributed by atoms with E-state index in [4.69, 9.17) is 0 Å². The Balaban J connectivity index is 1.84. The van der Waals surface area contributed by atoms with Crippen molar-refractivity contribution in [3.8, 4) is 0 Å². The standard InChI is InChI=1S/C26H49NO3/c1-2-3-4-5-6-7-8-9-10-11-12-13-14-15-16-19-22-27-25(28)23-20-17-18-21-24(23)26(29)30/h23-24H,2-22H2,1H3,(H,27,28)(H,29,30)/t23-,24-/m1/s1. The summed E-state index contributed by atoms with van der Waals surface area (Å²) in [6, 6.07) is 0. The fourth-order valence-corrected chi connectivity index (χ4v) is 4.76. The Kier molecular flexibility index (Phi) is 16.8. The van der Waals surface area contributed by atoms with Crippen LogP contribution in [0.3, 0.4) is 0 Å². The first kappa shape index (κ1) is 27.0. The van der Waals surface area contributed by atoms with E-state index < -0.39 is 11.9 Å². The largest absolute Gasteiger partial charge is 0.481 e. The van der Waals surface area contributed by atoms with E-state index in [2.05, 4.69) is 12.2 Å². The van der Waals surface area contributed by atoms with Gasteiger partial charge in [-0.1, -0.05) is 116 Å². The maximum atomic E-state index is 12.3. The van der Waals surface area contributed by atoms with E-state index in [1.807, 2.05) is 0 Å². The number of carbonyl (C=O) groups is 2. The molecule has 2 N–H and O–H groups in total. The van der Waals surface area contributed by atoms with Gasteiger partial charge in [0.15, 0.2) is 0 Å². The van der Waals surface area contributed by atoms with Crippen molar-refractivity contribution >= 4 is 11.9 Å². The van der Waals surface area contributed by atoms with Gasteiger partial charge < -0.3 is 10.4 Å². The summed E-state index contributed by atoms with van der Waals surface area (Å²) < 4.78 is 0. The average molecular weight is 424 g/mol.